The third kappa shape index (κ3) is 6.60. The van der Waals surface area contributed by atoms with E-state index >= 15 is 0 Å². The Kier molecular flexibility index (Phi) is 9.01. The van der Waals surface area contributed by atoms with Crippen LogP contribution >= 0.6 is 24.0 Å². The van der Waals surface area contributed by atoms with E-state index in [9.17, 15) is 17.6 Å². The monoisotopic (exact) mass is 387 g/mol. The second kappa shape index (κ2) is 9.39. The predicted molar refractivity (Wildman–Crippen MR) is 91.3 cm³/mol. The molecule has 1 aromatic rings. The van der Waals surface area contributed by atoms with Crippen molar-refractivity contribution >= 4 is 45.6 Å². The van der Waals surface area contributed by atoms with E-state index in [2.05, 4.69) is 15.4 Å². The molecule has 0 bridgehead atoms. The molecular weight excluding hydrogens is 368 g/mol. The zero-order valence-corrected chi connectivity index (χ0v) is 15.3. The minimum absolute atomic E-state index is 0. The van der Waals surface area contributed by atoms with E-state index in [1.807, 2.05) is 6.92 Å². The fraction of sp³-hybridized carbons (Fsp3) is 0.462. The van der Waals surface area contributed by atoms with Gasteiger partial charge >= 0.3 is 0 Å². The number of anilines is 1. The number of nitrogens with one attached hydrogen (secondary N) is 3. The maximum atomic E-state index is 14.0. The molecule has 0 aliphatic heterocycles. The molecule has 1 rings (SSSR count). The average Bonchev–Trinajstić information content (AvgIpc) is 2.40. The van der Waals surface area contributed by atoms with E-state index in [-0.39, 0.29) is 35.7 Å². The van der Waals surface area contributed by atoms with Gasteiger partial charge < -0.3 is 10.6 Å². The molecule has 23 heavy (non-hydrogen) atoms. The lowest BCUT2D eigenvalue weighted by molar-refractivity contribution is -0.114. The smallest absolute Gasteiger partial charge is 0.243 e. The topological polar surface area (TPSA) is 87.3 Å². The van der Waals surface area contributed by atoms with Crippen LogP contribution in [-0.4, -0.2) is 33.5 Å². The quantitative estimate of drug-likeness (QED) is 0.668. The van der Waals surface area contributed by atoms with Crippen LogP contribution in [0.2, 0.25) is 5.02 Å². The minimum Gasteiger partial charge on any atom is -0.325 e. The first-order valence-electron chi connectivity index (χ1n) is 6.67. The van der Waals surface area contributed by atoms with Crippen molar-refractivity contribution in [2.75, 3.05) is 18.4 Å². The van der Waals surface area contributed by atoms with Crippen molar-refractivity contribution in [3.8, 4) is 0 Å². The summed E-state index contributed by atoms with van der Waals surface area (Å²) in [5.74, 6) is -1.42. The highest BCUT2D eigenvalue weighted by Gasteiger charge is 2.22. The van der Waals surface area contributed by atoms with E-state index in [0.29, 0.717) is 6.54 Å². The zero-order valence-electron chi connectivity index (χ0n) is 12.9. The van der Waals surface area contributed by atoms with Gasteiger partial charge in [-0.15, -0.1) is 12.4 Å². The second-order valence-electron chi connectivity index (χ2n) is 4.75. The van der Waals surface area contributed by atoms with Crippen molar-refractivity contribution in [3.05, 3.63) is 23.0 Å². The first kappa shape index (κ1) is 22.1. The number of rotatable bonds is 7. The summed E-state index contributed by atoms with van der Waals surface area (Å²) < 4.78 is 40.6. The number of halogens is 3. The largest absolute Gasteiger partial charge is 0.325 e. The number of amides is 1. The highest BCUT2D eigenvalue weighted by atomic mass is 35.5. The van der Waals surface area contributed by atoms with Crippen LogP contribution in [0.5, 0.6) is 0 Å². The third-order valence-electron chi connectivity index (χ3n) is 2.75. The SMILES string of the molecule is CCN[C@H](C)CNS(=O)(=O)c1cc(Cl)c(NC(C)=O)cc1F.Cl. The van der Waals surface area contributed by atoms with E-state index in [0.717, 1.165) is 12.1 Å². The molecule has 1 aromatic carbocycles. The molecule has 0 heterocycles. The van der Waals surface area contributed by atoms with Crippen LogP contribution in [0.25, 0.3) is 0 Å². The molecule has 0 unspecified atom stereocenters. The molecule has 3 N–H and O–H groups in total. The van der Waals surface area contributed by atoms with Crippen molar-refractivity contribution in [2.24, 2.45) is 0 Å². The summed E-state index contributed by atoms with van der Waals surface area (Å²) in [5.41, 5.74) is 0.0200. The van der Waals surface area contributed by atoms with Crippen molar-refractivity contribution < 1.29 is 17.6 Å². The number of benzene rings is 1. The van der Waals surface area contributed by atoms with Gasteiger partial charge in [-0.25, -0.2) is 17.5 Å². The molecule has 0 aliphatic carbocycles. The molecule has 0 saturated carbocycles. The van der Waals surface area contributed by atoms with Gasteiger partial charge in [0.1, 0.15) is 10.7 Å². The molecule has 0 radical (unpaired) electrons. The number of carbonyl (C=O) groups excluding carboxylic acids is 1. The molecule has 0 aliphatic rings. The molecule has 6 nitrogen and oxygen atoms in total. The fourth-order valence-corrected chi connectivity index (χ4v) is 3.24. The molecule has 10 heteroatoms. The molecule has 132 valence electrons. The predicted octanol–water partition coefficient (Wildman–Crippen LogP) is 2.14. The van der Waals surface area contributed by atoms with E-state index in [4.69, 9.17) is 11.6 Å². The Balaban J connectivity index is 0.00000484. The second-order valence-corrected chi connectivity index (χ2v) is 6.90. The van der Waals surface area contributed by atoms with Crippen molar-refractivity contribution in [1.82, 2.24) is 10.0 Å². The summed E-state index contributed by atoms with van der Waals surface area (Å²) in [6.45, 7) is 5.73. The first-order chi connectivity index (χ1) is 10.2. The number of likely N-dealkylation sites (N-methyl/N-ethyl adjacent to an activating group) is 1. The van der Waals surface area contributed by atoms with Gasteiger partial charge in [0.05, 0.1) is 10.7 Å². The molecule has 0 fully saturated rings. The van der Waals surface area contributed by atoms with Gasteiger partial charge in [0, 0.05) is 25.6 Å². The number of carbonyl (C=O) groups is 1. The fourth-order valence-electron chi connectivity index (χ4n) is 1.75. The van der Waals surface area contributed by atoms with Gasteiger partial charge in [-0.2, -0.15) is 0 Å². The molecular formula is C13H20Cl2FN3O3S. The van der Waals surface area contributed by atoms with Gasteiger partial charge in [-0.1, -0.05) is 18.5 Å². The number of sulfonamides is 1. The number of hydrogen-bond donors (Lipinski definition) is 3. The third-order valence-corrected chi connectivity index (χ3v) is 4.51. The Morgan fingerprint density at radius 1 is 1.39 bits per heavy atom. The standard InChI is InChI=1S/C13H19ClFN3O3S.ClH/c1-4-16-8(2)7-17-22(20,21)13-5-10(14)12(6-11(13)15)18-9(3)19;/h5-6,8,16-17H,4,7H2,1-3H3,(H,18,19);1H/t8-;/m1./s1. The minimum atomic E-state index is -4.03. The van der Waals surface area contributed by atoms with Crippen LogP contribution < -0.4 is 15.4 Å². The van der Waals surface area contributed by atoms with Gasteiger partial charge in [0.15, 0.2) is 0 Å². The van der Waals surface area contributed by atoms with Crippen LogP contribution in [0.3, 0.4) is 0 Å². The Bertz CT molecular complexity index is 656. The maximum absolute atomic E-state index is 14.0. The van der Waals surface area contributed by atoms with E-state index < -0.39 is 26.6 Å². The highest BCUT2D eigenvalue weighted by molar-refractivity contribution is 7.89. The summed E-state index contributed by atoms with van der Waals surface area (Å²) >= 11 is 5.88. The van der Waals surface area contributed by atoms with E-state index in [1.54, 1.807) is 6.92 Å². The van der Waals surface area contributed by atoms with E-state index in [1.165, 1.54) is 6.92 Å². The lowest BCUT2D eigenvalue weighted by Gasteiger charge is -2.15. The molecule has 0 aromatic heterocycles. The Morgan fingerprint density at radius 2 is 2.00 bits per heavy atom. The van der Waals surface area contributed by atoms with Gasteiger partial charge in [-0.3, -0.25) is 4.79 Å². The summed E-state index contributed by atoms with van der Waals surface area (Å²) in [5, 5.41) is 5.30. The van der Waals surface area contributed by atoms with Crippen molar-refractivity contribution in [1.29, 1.82) is 0 Å². The zero-order chi connectivity index (χ0) is 16.9. The molecule has 0 saturated heterocycles. The Hall–Kier alpha value is -0.930. The van der Waals surface area contributed by atoms with Gasteiger partial charge in [0.25, 0.3) is 0 Å². The lowest BCUT2D eigenvalue weighted by atomic mass is 10.3. The lowest BCUT2D eigenvalue weighted by Crippen LogP contribution is -2.39. The van der Waals surface area contributed by atoms with Crippen molar-refractivity contribution in [2.45, 2.75) is 31.7 Å². The molecule has 0 spiro atoms. The molecule has 1 atom stereocenters. The summed E-state index contributed by atoms with van der Waals surface area (Å²) in [4.78, 5) is 10.4. The summed E-state index contributed by atoms with van der Waals surface area (Å²) in [7, 11) is -4.03. The Morgan fingerprint density at radius 3 is 2.52 bits per heavy atom. The summed E-state index contributed by atoms with van der Waals surface area (Å²) in [6, 6.07) is 1.76. The van der Waals surface area contributed by atoms with Crippen LogP contribution in [0.4, 0.5) is 10.1 Å². The molecule has 1 amide bonds. The highest BCUT2D eigenvalue weighted by Crippen LogP contribution is 2.28. The number of hydrogen-bond acceptors (Lipinski definition) is 4. The van der Waals surface area contributed by atoms with Gasteiger partial charge in [-0.05, 0) is 19.5 Å². The van der Waals surface area contributed by atoms with Crippen LogP contribution in [0.1, 0.15) is 20.8 Å². The average molecular weight is 388 g/mol. The van der Waals surface area contributed by atoms with Gasteiger partial charge in [0.2, 0.25) is 15.9 Å². The van der Waals surface area contributed by atoms with Crippen LogP contribution in [-0.2, 0) is 14.8 Å². The Labute approximate surface area is 146 Å². The summed E-state index contributed by atoms with van der Waals surface area (Å²) in [6.07, 6.45) is 0. The van der Waals surface area contributed by atoms with Crippen LogP contribution in [0, 0.1) is 5.82 Å². The van der Waals surface area contributed by atoms with Crippen molar-refractivity contribution in [3.63, 3.8) is 0 Å². The maximum Gasteiger partial charge on any atom is 0.243 e. The normalized spacial score (nSPS) is 12.4. The first-order valence-corrected chi connectivity index (χ1v) is 8.53. The van der Waals surface area contributed by atoms with Crippen LogP contribution in [0.15, 0.2) is 17.0 Å².